The molecule has 0 aromatic heterocycles. The van der Waals surface area contributed by atoms with E-state index in [-0.39, 0.29) is 6.61 Å². The molecule has 1 aliphatic rings. The van der Waals surface area contributed by atoms with E-state index in [0.29, 0.717) is 5.41 Å². The largest absolute Gasteiger partial charge is 0.395 e. The van der Waals surface area contributed by atoms with Crippen molar-refractivity contribution in [3.63, 3.8) is 0 Å². The molecule has 19 heavy (non-hydrogen) atoms. The van der Waals surface area contributed by atoms with E-state index in [1.807, 2.05) is 0 Å². The van der Waals surface area contributed by atoms with Crippen LogP contribution in [0.4, 0.5) is 0 Å². The molecule has 0 amide bonds. The third kappa shape index (κ3) is 6.21. The molecule has 114 valence electrons. The first-order valence-corrected chi connectivity index (χ1v) is 7.61. The van der Waals surface area contributed by atoms with E-state index in [4.69, 9.17) is 9.84 Å². The average molecular weight is 272 g/mol. The number of ether oxygens (including phenoxy) is 1. The zero-order chi connectivity index (χ0) is 14.1. The molecule has 1 rings (SSSR count). The smallest absolute Gasteiger partial charge is 0.0587 e. The standard InChI is InChI=1S/C15H32N2O2/c1-14-5-4-6-15(11-14,12-16-7-10-19-3)13-17(2)8-9-18/h14,16,18H,4-13H2,1-3H3. The van der Waals surface area contributed by atoms with Gasteiger partial charge in [-0.1, -0.05) is 19.8 Å². The highest BCUT2D eigenvalue weighted by Gasteiger charge is 2.35. The summed E-state index contributed by atoms with van der Waals surface area (Å²) in [7, 11) is 3.86. The van der Waals surface area contributed by atoms with E-state index in [1.165, 1.54) is 25.7 Å². The minimum Gasteiger partial charge on any atom is -0.395 e. The van der Waals surface area contributed by atoms with E-state index in [1.54, 1.807) is 7.11 Å². The van der Waals surface area contributed by atoms with Crippen LogP contribution in [0.3, 0.4) is 0 Å². The molecule has 2 atom stereocenters. The second-order valence-corrected chi connectivity index (χ2v) is 6.33. The van der Waals surface area contributed by atoms with Gasteiger partial charge in [0.25, 0.3) is 0 Å². The van der Waals surface area contributed by atoms with E-state index >= 15 is 0 Å². The van der Waals surface area contributed by atoms with Crippen molar-refractivity contribution in [3.8, 4) is 0 Å². The second kappa shape index (κ2) is 8.90. The highest BCUT2D eigenvalue weighted by molar-refractivity contribution is 4.89. The molecule has 0 spiro atoms. The Hall–Kier alpha value is -0.160. The maximum absolute atomic E-state index is 9.07. The summed E-state index contributed by atoms with van der Waals surface area (Å²) in [4.78, 5) is 2.27. The number of aliphatic hydroxyl groups excluding tert-OH is 1. The molecule has 0 aromatic carbocycles. The monoisotopic (exact) mass is 272 g/mol. The van der Waals surface area contributed by atoms with Crippen LogP contribution in [-0.2, 0) is 4.74 Å². The van der Waals surface area contributed by atoms with Gasteiger partial charge in [-0.2, -0.15) is 0 Å². The van der Waals surface area contributed by atoms with Crippen LogP contribution in [0.2, 0.25) is 0 Å². The third-order valence-corrected chi connectivity index (χ3v) is 4.26. The molecule has 1 fully saturated rings. The molecule has 1 saturated carbocycles. The van der Waals surface area contributed by atoms with E-state index in [0.717, 1.165) is 38.7 Å². The van der Waals surface area contributed by atoms with Gasteiger partial charge in [0.2, 0.25) is 0 Å². The van der Waals surface area contributed by atoms with Gasteiger partial charge in [-0.15, -0.1) is 0 Å². The van der Waals surface area contributed by atoms with Gasteiger partial charge in [-0.25, -0.2) is 0 Å². The Morgan fingerprint density at radius 3 is 2.89 bits per heavy atom. The average Bonchev–Trinajstić information content (AvgIpc) is 2.35. The number of likely N-dealkylation sites (N-methyl/N-ethyl adjacent to an activating group) is 1. The van der Waals surface area contributed by atoms with Crippen LogP contribution in [0.15, 0.2) is 0 Å². The first-order chi connectivity index (χ1) is 9.12. The Bertz CT molecular complexity index is 238. The van der Waals surface area contributed by atoms with E-state index in [2.05, 4.69) is 24.2 Å². The van der Waals surface area contributed by atoms with Gasteiger partial charge in [-0.05, 0) is 31.2 Å². The zero-order valence-corrected chi connectivity index (χ0v) is 13.0. The van der Waals surface area contributed by atoms with Crippen molar-refractivity contribution in [3.05, 3.63) is 0 Å². The van der Waals surface area contributed by atoms with Crippen LogP contribution in [0.1, 0.15) is 32.6 Å². The van der Waals surface area contributed by atoms with Gasteiger partial charge in [0.05, 0.1) is 13.2 Å². The van der Waals surface area contributed by atoms with Crippen LogP contribution in [0.5, 0.6) is 0 Å². The minimum absolute atomic E-state index is 0.249. The van der Waals surface area contributed by atoms with Crippen LogP contribution in [-0.4, -0.2) is 63.6 Å². The van der Waals surface area contributed by atoms with Crippen LogP contribution in [0.25, 0.3) is 0 Å². The molecule has 4 nitrogen and oxygen atoms in total. The molecule has 4 heteroatoms. The Morgan fingerprint density at radius 2 is 2.26 bits per heavy atom. The molecule has 0 heterocycles. The summed E-state index contributed by atoms with van der Waals surface area (Å²) >= 11 is 0. The Labute approximate surface area is 118 Å². The van der Waals surface area contributed by atoms with Crippen molar-refractivity contribution in [2.24, 2.45) is 11.3 Å². The van der Waals surface area contributed by atoms with Gasteiger partial charge in [0, 0.05) is 33.3 Å². The summed E-state index contributed by atoms with van der Waals surface area (Å²) in [6, 6.07) is 0. The lowest BCUT2D eigenvalue weighted by molar-refractivity contribution is 0.0810. The number of nitrogens with zero attached hydrogens (tertiary/aromatic N) is 1. The lowest BCUT2D eigenvalue weighted by atomic mass is 9.69. The molecule has 1 aliphatic carbocycles. The number of rotatable bonds is 9. The maximum Gasteiger partial charge on any atom is 0.0587 e. The number of hydrogen-bond donors (Lipinski definition) is 2. The Balaban J connectivity index is 2.50. The van der Waals surface area contributed by atoms with Gasteiger partial charge in [0.15, 0.2) is 0 Å². The molecule has 2 unspecified atom stereocenters. The lowest BCUT2D eigenvalue weighted by Gasteiger charge is -2.42. The second-order valence-electron chi connectivity index (χ2n) is 6.33. The lowest BCUT2D eigenvalue weighted by Crippen LogP contribution is -2.46. The number of nitrogens with one attached hydrogen (secondary N) is 1. The SMILES string of the molecule is COCCNCC1(CN(C)CCO)CCCC(C)C1. The molecular weight excluding hydrogens is 240 g/mol. The third-order valence-electron chi connectivity index (χ3n) is 4.26. The molecule has 0 saturated heterocycles. The van der Waals surface area contributed by atoms with Gasteiger partial charge < -0.3 is 20.1 Å². The predicted octanol–water partition coefficient (Wildman–Crippen LogP) is 1.34. The fourth-order valence-corrected chi connectivity index (χ4v) is 3.48. The van der Waals surface area contributed by atoms with Crippen molar-refractivity contribution in [1.82, 2.24) is 10.2 Å². The summed E-state index contributed by atoms with van der Waals surface area (Å²) in [5.41, 5.74) is 0.370. The highest BCUT2D eigenvalue weighted by atomic mass is 16.5. The summed E-state index contributed by atoms with van der Waals surface area (Å²) in [5.74, 6) is 0.820. The van der Waals surface area contributed by atoms with Crippen molar-refractivity contribution in [2.75, 3.05) is 53.6 Å². The van der Waals surface area contributed by atoms with Gasteiger partial charge in [0.1, 0.15) is 0 Å². The quantitative estimate of drug-likeness (QED) is 0.622. The molecular formula is C15H32N2O2. The fraction of sp³-hybridized carbons (Fsp3) is 1.00. The maximum atomic E-state index is 9.07. The van der Waals surface area contributed by atoms with E-state index in [9.17, 15) is 0 Å². The predicted molar refractivity (Wildman–Crippen MR) is 79.4 cm³/mol. The number of methoxy groups -OCH3 is 1. The number of hydrogen-bond acceptors (Lipinski definition) is 4. The first-order valence-electron chi connectivity index (χ1n) is 7.61. The highest BCUT2D eigenvalue weighted by Crippen LogP contribution is 2.39. The molecule has 0 aliphatic heterocycles. The van der Waals surface area contributed by atoms with Crippen molar-refractivity contribution in [1.29, 1.82) is 0 Å². The summed E-state index contributed by atoms with van der Waals surface area (Å²) < 4.78 is 5.10. The van der Waals surface area contributed by atoms with Gasteiger partial charge >= 0.3 is 0 Å². The molecule has 0 aromatic rings. The van der Waals surface area contributed by atoms with Gasteiger partial charge in [-0.3, -0.25) is 0 Å². The van der Waals surface area contributed by atoms with E-state index < -0.39 is 0 Å². The van der Waals surface area contributed by atoms with Crippen LogP contribution >= 0.6 is 0 Å². The van der Waals surface area contributed by atoms with Crippen LogP contribution in [0, 0.1) is 11.3 Å². The minimum atomic E-state index is 0.249. The molecule has 0 radical (unpaired) electrons. The number of aliphatic hydroxyl groups is 1. The van der Waals surface area contributed by atoms with Crippen molar-refractivity contribution in [2.45, 2.75) is 32.6 Å². The molecule has 2 N–H and O–H groups in total. The summed E-state index contributed by atoms with van der Waals surface area (Å²) in [5, 5.41) is 12.6. The topological polar surface area (TPSA) is 44.7 Å². The van der Waals surface area contributed by atoms with Crippen LogP contribution < -0.4 is 5.32 Å². The molecule has 0 bridgehead atoms. The Morgan fingerprint density at radius 1 is 1.47 bits per heavy atom. The zero-order valence-electron chi connectivity index (χ0n) is 13.0. The summed E-state index contributed by atoms with van der Waals surface area (Å²) in [6.07, 6.45) is 5.29. The normalized spacial score (nSPS) is 27.9. The summed E-state index contributed by atoms with van der Waals surface area (Å²) in [6.45, 7) is 7.24. The Kier molecular flexibility index (Phi) is 7.91. The first kappa shape index (κ1) is 16.9. The van der Waals surface area contributed by atoms with Crippen molar-refractivity contribution >= 4 is 0 Å². The fourth-order valence-electron chi connectivity index (χ4n) is 3.48. The van der Waals surface area contributed by atoms with Crippen molar-refractivity contribution < 1.29 is 9.84 Å².